The highest BCUT2D eigenvalue weighted by molar-refractivity contribution is 8.00. The number of carbonyl (C=O) groups is 1. The lowest BCUT2D eigenvalue weighted by Gasteiger charge is -2.26. The Morgan fingerprint density at radius 3 is 2.03 bits per heavy atom. The first-order valence-electron chi connectivity index (χ1n) is 8.98. The first-order chi connectivity index (χ1) is 14.1. The van der Waals surface area contributed by atoms with Crippen molar-refractivity contribution in [3.8, 4) is 28.7 Å². The van der Waals surface area contributed by atoms with Gasteiger partial charge in [0, 0.05) is 6.54 Å². The fourth-order valence-electron chi connectivity index (χ4n) is 3.32. The average molecular weight is 419 g/mol. The topological polar surface area (TPSA) is 66.5 Å². The van der Waals surface area contributed by atoms with Crippen molar-refractivity contribution in [1.82, 2.24) is 4.90 Å². The zero-order valence-corrected chi connectivity index (χ0v) is 18.0. The van der Waals surface area contributed by atoms with Gasteiger partial charge in [0.15, 0.2) is 23.0 Å². The minimum atomic E-state index is -0.163. The van der Waals surface area contributed by atoms with Crippen LogP contribution in [0.2, 0.25) is 0 Å². The molecule has 8 heteroatoms. The third kappa shape index (κ3) is 4.17. The van der Waals surface area contributed by atoms with Crippen LogP contribution < -0.4 is 23.7 Å². The van der Waals surface area contributed by atoms with Crippen molar-refractivity contribution in [3.05, 3.63) is 41.5 Å². The molecule has 2 aromatic carbocycles. The standard InChI is InChI=1S/C21H25NO6S/c1-24-15-7-6-13(8-16(15)25-2)11-22-19(23)12-29-21(22)14-9-17(26-3)20(28-5)18(10-14)27-4/h6-10,21H,11-12H2,1-5H3. The van der Waals surface area contributed by atoms with Crippen LogP contribution in [0.25, 0.3) is 0 Å². The molecule has 0 aromatic heterocycles. The highest BCUT2D eigenvalue weighted by atomic mass is 32.2. The van der Waals surface area contributed by atoms with Crippen LogP contribution in [-0.4, -0.2) is 52.1 Å². The third-order valence-corrected chi connectivity index (χ3v) is 6.00. The normalized spacial score (nSPS) is 16.0. The minimum absolute atomic E-state index is 0.0727. The Morgan fingerprint density at radius 1 is 0.862 bits per heavy atom. The number of rotatable bonds is 8. The molecule has 3 rings (SSSR count). The largest absolute Gasteiger partial charge is 0.493 e. The fourth-order valence-corrected chi connectivity index (χ4v) is 4.49. The van der Waals surface area contributed by atoms with Crippen molar-refractivity contribution in [3.63, 3.8) is 0 Å². The Hall–Kier alpha value is -2.74. The van der Waals surface area contributed by atoms with Gasteiger partial charge in [-0.05, 0) is 35.4 Å². The average Bonchev–Trinajstić information content (AvgIpc) is 3.12. The molecule has 0 saturated carbocycles. The summed E-state index contributed by atoms with van der Waals surface area (Å²) in [7, 11) is 7.91. The Bertz CT molecular complexity index is 862. The first kappa shape index (κ1) is 21.0. The number of carbonyl (C=O) groups excluding carboxylic acids is 1. The maximum atomic E-state index is 12.6. The van der Waals surface area contributed by atoms with Crippen molar-refractivity contribution < 1.29 is 28.5 Å². The van der Waals surface area contributed by atoms with E-state index in [1.807, 2.05) is 35.2 Å². The third-order valence-electron chi connectivity index (χ3n) is 4.74. The van der Waals surface area contributed by atoms with Crippen molar-refractivity contribution in [2.45, 2.75) is 11.9 Å². The molecule has 1 heterocycles. The van der Waals surface area contributed by atoms with Gasteiger partial charge in [0.05, 0.1) is 41.3 Å². The molecule has 2 aromatic rings. The Labute approximate surface area is 174 Å². The van der Waals surface area contributed by atoms with E-state index in [0.717, 1.165) is 11.1 Å². The van der Waals surface area contributed by atoms with Gasteiger partial charge in [-0.15, -0.1) is 11.8 Å². The highest BCUT2D eigenvalue weighted by Crippen LogP contribution is 2.46. The molecule has 7 nitrogen and oxygen atoms in total. The van der Waals surface area contributed by atoms with Gasteiger partial charge in [0.2, 0.25) is 11.7 Å². The molecular weight excluding hydrogens is 394 g/mol. The number of ether oxygens (including phenoxy) is 5. The van der Waals surface area contributed by atoms with E-state index in [0.29, 0.717) is 41.0 Å². The Balaban J connectivity index is 1.93. The molecule has 1 aliphatic rings. The van der Waals surface area contributed by atoms with Crippen LogP contribution in [0.15, 0.2) is 30.3 Å². The van der Waals surface area contributed by atoms with E-state index in [2.05, 4.69) is 0 Å². The predicted octanol–water partition coefficient (Wildman–Crippen LogP) is 3.50. The van der Waals surface area contributed by atoms with Crippen LogP contribution in [0.4, 0.5) is 0 Å². The number of thioether (sulfide) groups is 1. The molecule has 156 valence electrons. The maximum Gasteiger partial charge on any atom is 0.234 e. The number of hydrogen-bond acceptors (Lipinski definition) is 7. The summed E-state index contributed by atoms with van der Waals surface area (Å²) in [5.41, 5.74) is 1.87. The molecule has 0 aliphatic carbocycles. The quantitative estimate of drug-likeness (QED) is 0.649. The Morgan fingerprint density at radius 2 is 1.48 bits per heavy atom. The summed E-state index contributed by atoms with van der Waals surface area (Å²) in [6.07, 6.45) is 0. The zero-order valence-electron chi connectivity index (χ0n) is 17.2. The molecule has 1 saturated heterocycles. The maximum absolute atomic E-state index is 12.6. The fraction of sp³-hybridized carbons (Fsp3) is 0.381. The molecule has 0 bridgehead atoms. The first-order valence-corrected chi connectivity index (χ1v) is 10.0. The summed E-state index contributed by atoms with van der Waals surface area (Å²) in [6, 6.07) is 9.44. The molecule has 1 unspecified atom stereocenters. The van der Waals surface area contributed by atoms with Crippen LogP contribution in [0.5, 0.6) is 28.7 Å². The van der Waals surface area contributed by atoms with Gasteiger partial charge < -0.3 is 28.6 Å². The zero-order chi connectivity index (χ0) is 21.0. The summed E-state index contributed by atoms with van der Waals surface area (Å²) in [6.45, 7) is 0.452. The second kappa shape index (κ2) is 9.17. The van der Waals surface area contributed by atoms with E-state index in [1.165, 1.54) is 0 Å². The second-order valence-electron chi connectivity index (χ2n) is 6.33. The summed E-state index contributed by atoms with van der Waals surface area (Å²) in [5.74, 6) is 3.42. The number of hydrogen-bond donors (Lipinski definition) is 0. The molecule has 1 aliphatic heterocycles. The molecular formula is C21H25NO6S. The molecule has 1 atom stereocenters. The van der Waals surface area contributed by atoms with E-state index in [-0.39, 0.29) is 11.3 Å². The van der Waals surface area contributed by atoms with E-state index in [9.17, 15) is 4.79 Å². The molecule has 0 spiro atoms. The van der Waals surface area contributed by atoms with Crippen molar-refractivity contribution in [2.75, 3.05) is 41.3 Å². The van der Waals surface area contributed by atoms with Crippen LogP contribution in [0, 0.1) is 0 Å². The van der Waals surface area contributed by atoms with Gasteiger partial charge in [0.25, 0.3) is 0 Å². The smallest absolute Gasteiger partial charge is 0.234 e. The van der Waals surface area contributed by atoms with E-state index >= 15 is 0 Å². The van der Waals surface area contributed by atoms with Crippen molar-refractivity contribution in [2.24, 2.45) is 0 Å². The summed E-state index contributed by atoms with van der Waals surface area (Å²) >= 11 is 1.57. The molecule has 1 fully saturated rings. The van der Waals surface area contributed by atoms with Crippen molar-refractivity contribution >= 4 is 17.7 Å². The van der Waals surface area contributed by atoms with Gasteiger partial charge in [-0.2, -0.15) is 0 Å². The summed E-state index contributed by atoms with van der Waals surface area (Å²) in [5, 5.41) is -0.163. The predicted molar refractivity (Wildman–Crippen MR) is 111 cm³/mol. The van der Waals surface area contributed by atoms with Gasteiger partial charge in [-0.1, -0.05) is 6.07 Å². The van der Waals surface area contributed by atoms with Crippen LogP contribution >= 0.6 is 11.8 Å². The number of benzene rings is 2. The van der Waals surface area contributed by atoms with Crippen LogP contribution in [0.1, 0.15) is 16.5 Å². The van der Waals surface area contributed by atoms with E-state index in [1.54, 1.807) is 47.3 Å². The summed E-state index contributed by atoms with van der Waals surface area (Å²) < 4.78 is 27.0. The number of nitrogens with zero attached hydrogens (tertiary/aromatic N) is 1. The monoisotopic (exact) mass is 419 g/mol. The summed E-state index contributed by atoms with van der Waals surface area (Å²) in [4.78, 5) is 14.5. The second-order valence-corrected chi connectivity index (χ2v) is 7.40. The van der Waals surface area contributed by atoms with E-state index < -0.39 is 0 Å². The number of amides is 1. The van der Waals surface area contributed by atoms with E-state index in [4.69, 9.17) is 23.7 Å². The highest BCUT2D eigenvalue weighted by Gasteiger charge is 2.34. The van der Waals surface area contributed by atoms with Gasteiger partial charge >= 0.3 is 0 Å². The van der Waals surface area contributed by atoms with Crippen LogP contribution in [-0.2, 0) is 11.3 Å². The van der Waals surface area contributed by atoms with Gasteiger partial charge in [-0.3, -0.25) is 4.79 Å². The van der Waals surface area contributed by atoms with Crippen molar-refractivity contribution in [1.29, 1.82) is 0 Å². The molecule has 0 radical (unpaired) electrons. The lowest BCUT2D eigenvalue weighted by molar-refractivity contribution is -0.128. The molecule has 29 heavy (non-hydrogen) atoms. The Kier molecular flexibility index (Phi) is 6.64. The minimum Gasteiger partial charge on any atom is -0.493 e. The van der Waals surface area contributed by atoms with Crippen LogP contribution in [0.3, 0.4) is 0 Å². The molecule has 0 N–H and O–H groups in total. The SMILES string of the molecule is COc1ccc(CN2C(=O)CSC2c2cc(OC)c(OC)c(OC)c2)cc1OC. The lowest BCUT2D eigenvalue weighted by atomic mass is 10.1. The number of methoxy groups -OCH3 is 5. The van der Waals surface area contributed by atoms with Gasteiger partial charge in [-0.25, -0.2) is 0 Å². The van der Waals surface area contributed by atoms with Gasteiger partial charge in [0.1, 0.15) is 5.37 Å². The lowest BCUT2D eigenvalue weighted by Crippen LogP contribution is -2.27. The molecule has 1 amide bonds.